The predicted molar refractivity (Wildman–Crippen MR) is 54.3 cm³/mol. The molecule has 0 aromatic carbocycles. The van der Waals surface area contributed by atoms with E-state index in [4.69, 9.17) is 0 Å². The van der Waals surface area contributed by atoms with Gasteiger partial charge in [0.1, 0.15) is 0 Å². The lowest BCUT2D eigenvalue weighted by Crippen LogP contribution is -2.14. The van der Waals surface area contributed by atoms with Crippen molar-refractivity contribution in [3.05, 3.63) is 12.2 Å². The van der Waals surface area contributed by atoms with Gasteiger partial charge in [0.25, 0.3) is 0 Å². The maximum Gasteiger partial charge on any atom is -0.00143 e. The summed E-state index contributed by atoms with van der Waals surface area (Å²) in [7, 11) is 0. The lowest BCUT2D eigenvalue weighted by molar-refractivity contribution is 0.677. The molecule has 1 saturated carbocycles. The fourth-order valence-corrected chi connectivity index (χ4v) is 1.25. The van der Waals surface area contributed by atoms with E-state index in [2.05, 4.69) is 24.4 Å². The summed E-state index contributed by atoms with van der Waals surface area (Å²) in [6.45, 7) is 4.52. The summed E-state index contributed by atoms with van der Waals surface area (Å²) in [6, 6.07) is 0. The molecule has 1 aliphatic carbocycles. The summed E-state index contributed by atoms with van der Waals surface area (Å²) in [6.07, 6.45) is 11.4. The molecule has 0 saturated heterocycles. The molecular formula is C11H21N. The van der Waals surface area contributed by atoms with Crippen LogP contribution in [-0.2, 0) is 0 Å². The monoisotopic (exact) mass is 167 g/mol. The van der Waals surface area contributed by atoms with Gasteiger partial charge in [0.15, 0.2) is 0 Å². The molecule has 1 N–H and O–H groups in total. The molecule has 0 radical (unpaired) electrons. The van der Waals surface area contributed by atoms with Crippen LogP contribution in [-0.4, -0.2) is 13.1 Å². The normalized spacial score (nSPS) is 17.4. The molecule has 0 aliphatic heterocycles. The molecule has 0 aromatic heterocycles. The standard InChI is InChI=1S/C11H21N/c1-2-9-12-10-5-3-4-6-11-7-8-11/h3-4,11-12H,2,5-10H2,1H3. The van der Waals surface area contributed by atoms with Crippen LogP contribution in [0.2, 0.25) is 0 Å². The van der Waals surface area contributed by atoms with Crippen molar-refractivity contribution in [2.75, 3.05) is 13.1 Å². The second-order valence-electron chi connectivity index (χ2n) is 3.69. The van der Waals surface area contributed by atoms with Gasteiger partial charge in [-0.2, -0.15) is 0 Å². The average molecular weight is 167 g/mol. The quantitative estimate of drug-likeness (QED) is 0.454. The topological polar surface area (TPSA) is 12.0 Å². The van der Waals surface area contributed by atoms with E-state index < -0.39 is 0 Å². The van der Waals surface area contributed by atoms with Crippen LogP contribution in [0.15, 0.2) is 12.2 Å². The van der Waals surface area contributed by atoms with Gasteiger partial charge < -0.3 is 5.32 Å². The molecule has 0 aromatic rings. The van der Waals surface area contributed by atoms with Crippen molar-refractivity contribution in [1.82, 2.24) is 5.32 Å². The third-order valence-corrected chi connectivity index (χ3v) is 2.25. The minimum atomic E-state index is 1.05. The lowest BCUT2D eigenvalue weighted by Gasteiger charge is -1.97. The van der Waals surface area contributed by atoms with Gasteiger partial charge in [0, 0.05) is 0 Å². The van der Waals surface area contributed by atoms with Crippen LogP contribution in [0.5, 0.6) is 0 Å². The van der Waals surface area contributed by atoms with Crippen molar-refractivity contribution >= 4 is 0 Å². The minimum absolute atomic E-state index is 1.05. The lowest BCUT2D eigenvalue weighted by atomic mass is 10.2. The Morgan fingerprint density at radius 1 is 1.25 bits per heavy atom. The molecule has 1 fully saturated rings. The molecule has 12 heavy (non-hydrogen) atoms. The number of nitrogens with one attached hydrogen (secondary N) is 1. The zero-order valence-corrected chi connectivity index (χ0v) is 8.18. The molecule has 0 amide bonds. The van der Waals surface area contributed by atoms with Gasteiger partial charge in [-0.3, -0.25) is 0 Å². The van der Waals surface area contributed by atoms with Crippen molar-refractivity contribution < 1.29 is 0 Å². The third kappa shape index (κ3) is 5.36. The van der Waals surface area contributed by atoms with Crippen molar-refractivity contribution in [3.63, 3.8) is 0 Å². The highest BCUT2D eigenvalue weighted by Gasteiger charge is 2.18. The molecular weight excluding hydrogens is 146 g/mol. The second kappa shape index (κ2) is 6.24. The number of hydrogen-bond donors (Lipinski definition) is 1. The maximum atomic E-state index is 3.39. The summed E-state index contributed by atoms with van der Waals surface area (Å²) in [5, 5.41) is 3.39. The van der Waals surface area contributed by atoms with Crippen LogP contribution in [0.1, 0.15) is 39.0 Å². The second-order valence-corrected chi connectivity index (χ2v) is 3.69. The van der Waals surface area contributed by atoms with Gasteiger partial charge in [-0.25, -0.2) is 0 Å². The van der Waals surface area contributed by atoms with E-state index in [1.807, 2.05) is 0 Å². The number of allylic oxidation sites excluding steroid dienone is 1. The Labute approximate surface area is 76.2 Å². The van der Waals surface area contributed by atoms with E-state index in [9.17, 15) is 0 Å². The van der Waals surface area contributed by atoms with Gasteiger partial charge in [0.05, 0.1) is 0 Å². The van der Waals surface area contributed by atoms with Gasteiger partial charge >= 0.3 is 0 Å². The first kappa shape index (κ1) is 9.79. The van der Waals surface area contributed by atoms with Crippen molar-refractivity contribution in [3.8, 4) is 0 Å². The van der Waals surface area contributed by atoms with Crippen LogP contribution in [0.3, 0.4) is 0 Å². The highest BCUT2D eigenvalue weighted by atomic mass is 14.8. The van der Waals surface area contributed by atoms with Crippen LogP contribution >= 0.6 is 0 Å². The minimum Gasteiger partial charge on any atom is -0.316 e. The molecule has 0 heterocycles. The fraction of sp³-hybridized carbons (Fsp3) is 0.818. The molecule has 0 unspecified atom stereocenters. The number of rotatable bonds is 7. The average Bonchev–Trinajstić information content (AvgIpc) is 2.87. The SMILES string of the molecule is CCCNCCC=CCC1CC1. The van der Waals surface area contributed by atoms with Gasteiger partial charge in [0.2, 0.25) is 0 Å². The molecule has 1 nitrogen and oxygen atoms in total. The molecule has 0 atom stereocenters. The Bertz CT molecular complexity index is 125. The fourth-order valence-electron chi connectivity index (χ4n) is 1.25. The van der Waals surface area contributed by atoms with E-state index in [1.54, 1.807) is 0 Å². The number of hydrogen-bond acceptors (Lipinski definition) is 1. The summed E-state index contributed by atoms with van der Waals surface area (Å²) < 4.78 is 0. The zero-order valence-electron chi connectivity index (χ0n) is 8.18. The predicted octanol–water partition coefficient (Wildman–Crippen LogP) is 2.73. The first-order valence-electron chi connectivity index (χ1n) is 5.29. The summed E-state index contributed by atoms with van der Waals surface area (Å²) in [5.41, 5.74) is 0. The Hall–Kier alpha value is -0.300. The van der Waals surface area contributed by atoms with E-state index in [0.717, 1.165) is 19.0 Å². The largest absolute Gasteiger partial charge is 0.316 e. The van der Waals surface area contributed by atoms with Crippen LogP contribution in [0.4, 0.5) is 0 Å². The first-order valence-corrected chi connectivity index (χ1v) is 5.29. The highest BCUT2D eigenvalue weighted by Crippen LogP contribution is 2.32. The summed E-state index contributed by atoms with van der Waals surface area (Å²) in [5.74, 6) is 1.05. The maximum absolute atomic E-state index is 3.39. The van der Waals surface area contributed by atoms with E-state index in [1.165, 1.54) is 32.1 Å². The summed E-state index contributed by atoms with van der Waals surface area (Å²) in [4.78, 5) is 0. The molecule has 1 aliphatic rings. The Morgan fingerprint density at radius 2 is 2.08 bits per heavy atom. The van der Waals surface area contributed by atoms with Gasteiger partial charge in [-0.1, -0.05) is 19.1 Å². The third-order valence-electron chi connectivity index (χ3n) is 2.25. The molecule has 70 valence electrons. The van der Waals surface area contributed by atoms with Crippen LogP contribution in [0.25, 0.3) is 0 Å². The zero-order chi connectivity index (χ0) is 8.65. The van der Waals surface area contributed by atoms with E-state index >= 15 is 0 Å². The highest BCUT2D eigenvalue weighted by molar-refractivity contribution is 4.88. The van der Waals surface area contributed by atoms with Crippen LogP contribution in [0, 0.1) is 5.92 Å². The smallest absolute Gasteiger partial charge is 0.00143 e. The van der Waals surface area contributed by atoms with Crippen molar-refractivity contribution in [2.24, 2.45) is 5.92 Å². The summed E-state index contributed by atoms with van der Waals surface area (Å²) >= 11 is 0. The van der Waals surface area contributed by atoms with Gasteiger partial charge in [-0.05, 0) is 51.1 Å². The molecule has 1 heteroatoms. The molecule has 1 rings (SSSR count). The van der Waals surface area contributed by atoms with Crippen molar-refractivity contribution in [2.45, 2.75) is 39.0 Å². The Kier molecular flexibility index (Phi) is 5.09. The van der Waals surface area contributed by atoms with E-state index in [0.29, 0.717) is 0 Å². The molecule has 0 spiro atoms. The van der Waals surface area contributed by atoms with Crippen molar-refractivity contribution in [1.29, 1.82) is 0 Å². The van der Waals surface area contributed by atoms with Gasteiger partial charge in [-0.15, -0.1) is 0 Å². The molecule has 0 bridgehead atoms. The van der Waals surface area contributed by atoms with E-state index in [-0.39, 0.29) is 0 Å². The Morgan fingerprint density at radius 3 is 2.75 bits per heavy atom. The Balaban J connectivity index is 1.77. The first-order chi connectivity index (χ1) is 5.93. The van der Waals surface area contributed by atoms with Crippen LogP contribution < -0.4 is 5.32 Å².